The average Bonchev–Trinajstić information content (AvgIpc) is 2.27. The first kappa shape index (κ1) is 12.6. The summed E-state index contributed by atoms with van der Waals surface area (Å²) in [7, 11) is 0. The molecule has 1 heterocycles. The lowest BCUT2D eigenvalue weighted by molar-refractivity contribution is 0.0526. The molecule has 15 heavy (non-hydrogen) atoms. The van der Waals surface area contributed by atoms with E-state index in [1.165, 1.54) is 0 Å². The summed E-state index contributed by atoms with van der Waals surface area (Å²) in [4.78, 5) is 13.5. The van der Waals surface area contributed by atoms with Crippen LogP contribution in [0.3, 0.4) is 0 Å². The van der Waals surface area contributed by atoms with Crippen LogP contribution in [0.15, 0.2) is 0 Å². The summed E-state index contributed by atoms with van der Waals surface area (Å²) in [5, 5.41) is 3.00. The van der Waals surface area contributed by atoms with Crippen molar-refractivity contribution < 1.29 is 9.53 Å². The molecule has 0 saturated carbocycles. The van der Waals surface area contributed by atoms with Crippen LogP contribution >= 0.6 is 11.8 Å². The Balaban J connectivity index is 2.21. The number of hydrogen-bond donors (Lipinski definition) is 1. The number of nitrogens with zero attached hydrogens (tertiary/aromatic N) is 1. The monoisotopic (exact) mass is 232 g/mol. The Labute approximate surface area is 95.7 Å². The van der Waals surface area contributed by atoms with E-state index in [0.717, 1.165) is 12.2 Å². The lowest BCUT2D eigenvalue weighted by atomic mass is 10.2. The molecule has 88 valence electrons. The average molecular weight is 232 g/mol. The van der Waals surface area contributed by atoms with E-state index in [1.807, 2.05) is 16.7 Å². The molecular formula is C10H20N2O2S. The molecule has 0 aromatic rings. The second-order valence-corrected chi connectivity index (χ2v) is 4.72. The normalized spacial score (nSPS) is 18.7. The molecule has 0 bridgehead atoms. The van der Waals surface area contributed by atoms with Crippen LogP contribution in [-0.2, 0) is 4.74 Å². The first-order chi connectivity index (χ1) is 7.24. The van der Waals surface area contributed by atoms with Crippen molar-refractivity contribution in [2.24, 2.45) is 0 Å². The van der Waals surface area contributed by atoms with Gasteiger partial charge >= 0.3 is 6.03 Å². The predicted molar refractivity (Wildman–Crippen MR) is 63.4 cm³/mol. The van der Waals surface area contributed by atoms with Crippen molar-refractivity contribution in [1.29, 1.82) is 0 Å². The topological polar surface area (TPSA) is 41.6 Å². The van der Waals surface area contributed by atoms with Gasteiger partial charge in [-0.05, 0) is 25.4 Å². The van der Waals surface area contributed by atoms with Gasteiger partial charge in [0.1, 0.15) is 0 Å². The van der Waals surface area contributed by atoms with Gasteiger partial charge in [0.15, 0.2) is 0 Å². The fraction of sp³-hybridized carbons (Fsp3) is 0.900. The summed E-state index contributed by atoms with van der Waals surface area (Å²) in [5.41, 5.74) is 0. The molecule has 1 atom stereocenters. The molecule has 1 N–H and O–H groups in total. The predicted octanol–water partition coefficient (Wildman–Crippen LogP) is 1.17. The highest BCUT2D eigenvalue weighted by molar-refractivity contribution is 7.98. The molecule has 5 heteroatoms. The van der Waals surface area contributed by atoms with Gasteiger partial charge in [-0.25, -0.2) is 4.79 Å². The first-order valence-corrected chi connectivity index (χ1v) is 6.75. The van der Waals surface area contributed by atoms with Crippen LogP contribution in [0.1, 0.15) is 13.3 Å². The minimum atomic E-state index is 0.0481. The van der Waals surface area contributed by atoms with E-state index < -0.39 is 0 Å². The summed E-state index contributed by atoms with van der Waals surface area (Å²) in [5.74, 6) is 1.09. The van der Waals surface area contributed by atoms with Crippen LogP contribution in [0, 0.1) is 0 Å². The molecule has 1 rings (SSSR count). The number of carbonyl (C=O) groups is 1. The molecule has 1 fully saturated rings. The van der Waals surface area contributed by atoms with E-state index in [1.54, 1.807) is 0 Å². The van der Waals surface area contributed by atoms with Gasteiger partial charge in [0.05, 0.1) is 13.2 Å². The van der Waals surface area contributed by atoms with Gasteiger partial charge in [-0.15, -0.1) is 0 Å². The standard InChI is InChI=1S/C10H20N2O2S/c1-9(3-8-15-2)11-10(13)12-4-6-14-7-5-12/h9H,3-8H2,1-2H3,(H,11,13). The van der Waals surface area contributed by atoms with Crippen molar-refractivity contribution in [3.8, 4) is 0 Å². The minimum Gasteiger partial charge on any atom is -0.378 e. The molecule has 1 saturated heterocycles. The molecule has 2 amide bonds. The van der Waals surface area contributed by atoms with Gasteiger partial charge in [-0.1, -0.05) is 0 Å². The molecular weight excluding hydrogens is 212 g/mol. The van der Waals surface area contributed by atoms with Crippen LogP contribution in [0.4, 0.5) is 4.79 Å². The second kappa shape index (κ2) is 6.95. The van der Waals surface area contributed by atoms with Crippen LogP contribution < -0.4 is 5.32 Å². The third kappa shape index (κ3) is 4.75. The number of urea groups is 1. The van der Waals surface area contributed by atoms with Crippen molar-refractivity contribution in [3.63, 3.8) is 0 Å². The highest BCUT2D eigenvalue weighted by Crippen LogP contribution is 2.02. The highest BCUT2D eigenvalue weighted by atomic mass is 32.2. The molecule has 0 aromatic heterocycles. The number of morpholine rings is 1. The summed E-state index contributed by atoms with van der Waals surface area (Å²) in [6, 6.07) is 0.305. The van der Waals surface area contributed by atoms with Crippen molar-refractivity contribution in [2.45, 2.75) is 19.4 Å². The zero-order valence-corrected chi connectivity index (χ0v) is 10.3. The molecule has 0 aromatic carbocycles. The maximum Gasteiger partial charge on any atom is 0.317 e. The van der Waals surface area contributed by atoms with Crippen LogP contribution in [0.5, 0.6) is 0 Å². The second-order valence-electron chi connectivity index (χ2n) is 3.73. The number of hydrogen-bond acceptors (Lipinski definition) is 3. The number of nitrogens with one attached hydrogen (secondary N) is 1. The van der Waals surface area contributed by atoms with Gasteiger partial charge in [0.25, 0.3) is 0 Å². The molecule has 1 aliphatic rings. The summed E-state index contributed by atoms with van der Waals surface area (Å²) in [6.07, 6.45) is 3.10. The summed E-state index contributed by atoms with van der Waals surface area (Å²) < 4.78 is 5.19. The summed E-state index contributed by atoms with van der Waals surface area (Å²) >= 11 is 1.81. The fourth-order valence-corrected chi connectivity index (χ4v) is 2.02. The number of amides is 2. The zero-order valence-electron chi connectivity index (χ0n) is 9.49. The Hall–Kier alpha value is -0.420. The van der Waals surface area contributed by atoms with Crippen LogP contribution in [0.2, 0.25) is 0 Å². The number of thioether (sulfide) groups is 1. The lowest BCUT2D eigenvalue weighted by Crippen LogP contribution is -2.48. The van der Waals surface area contributed by atoms with Gasteiger partial charge in [0.2, 0.25) is 0 Å². The van der Waals surface area contributed by atoms with Gasteiger partial charge < -0.3 is 15.0 Å². The molecule has 0 spiro atoms. The van der Waals surface area contributed by atoms with Crippen molar-refractivity contribution >= 4 is 17.8 Å². The maximum atomic E-state index is 11.7. The van der Waals surface area contributed by atoms with Crippen molar-refractivity contribution in [3.05, 3.63) is 0 Å². The first-order valence-electron chi connectivity index (χ1n) is 5.36. The van der Waals surface area contributed by atoms with Gasteiger partial charge in [0, 0.05) is 19.1 Å². The third-order valence-corrected chi connectivity index (χ3v) is 3.07. The molecule has 1 unspecified atom stereocenters. The minimum absolute atomic E-state index is 0.0481. The number of rotatable bonds is 4. The largest absolute Gasteiger partial charge is 0.378 e. The Morgan fingerprint density at radius 3 is 2.80 bits per heavy atom. The van der Waals surface area contributed by atoms with Crippen molar-refractivity contribution in [1.82, 2.24) is 10.2 Å². The summed E-state index contributed by atoms with van der Waals surface area (Å²) in [6.45, 7) is 4.79. The molecule has 0 aliphatic carbocycles. The quantitative estimate of drug-likeness (QED) is 0.791. The van der Waals surface area contributed by atoms with E-state index in [0.29, 0.717) is 26.3 Å². The van der Waals surface area contributed by atoms with E-state index in [-0.39, 0.29) is 12.1 Å². The van der Waals surface area contributed by atoms with E-state index in [4.69, 9.17) is 4.74 Å². The van der Waals surface area contributed by atoms with Gasteiger partial charge in [-0.3, -0.25) is 0 Å². The van der Waals surface area contributed by atoms with E-state index in [2.05, 4.69) is 18.5 Å². The zero-order chi connectivity index (χ0) is 11.1. The Morgan fingerprint density at radius 1 is 1.53 bits per heavy atom. The van der Waals surface area contributed by atoms with E-state index in [9.17, 15) is 4.79 Å². The molecule has 1 aliphatic heterocycles. The van der Waals surface area contributed by atoms with Crippen LogP contribution in [0.25, 0.3) is 0 Å². The third-order valence-electron chi connectivity index (χ3n) is 2.42. The van der Waals surface area contributed by atoms with Gasteiger partial charge in [-0.2, -0.15) is 11.8 Å². The lowest BCUT2D eigenvalue weighted by Gasteiger charge is -2.28. The van der Waals surface area contributed by atoms with E-state index >= 15 is 0 Å². The number of ether oxygens (including phenoxy) is 1. The smallest absolute Gasteiger partial charge is 0.317 e. The fourth-order valence-electron chi connectivity index (χ4n) is 1.44. The molecule has 4 nitrogen and oxygen atoms in total. The number of carbonyl (C=O) groups excluding carboxylic acids is 1. The maximum absolute atomic E-state index is 11.7. The Morgan fingerprint density at radius 2 is 2.20 bits per heavy atom. The van der Waals surface area contributed by atoms with Crippen molar-refractivity contribution in [2.75, 3.05) is 38.3 Å². The SMILES string of the molecule is CSCCC(C)NC(=O)N1CCOCC1. The Bertz CT molecular complexity index is 196. The molecule has 0 radical (unpaired) electrons. The Kier molecular flexibility index (Phi) is 5.86. The highest BCUT2D eigenvalue weighted by Gasteiger charge is 2.17. The van der Waals surface area contributed by atoms with Crippen LogP contribution in [-0.4, -0.2) is 55.3 Å².